The largest absolute Gasteiger partial charge is 0.385 e. The second-order valence-electron chi connectivity index (χ2n) is 4.83. The molecule has 1 aromatic rings. The maximum atomic E-state index is 12.3. The molecule has 1 aliphatic rings. The first kappa shape index (κ1) is 15.7. The van der Waals surface area contributed by atoms with E-state index in [0.29, 0.717) is 25.2 Å². The van der Waals surface area contributed by atoms with E-state index in [1.165, 1.54) is 9.21 Å². The van der Waals surface area contributed by atoms with Crippen molar-refractivity contribution in [1.82, 2.24) is 14.2 Å². The van der Waals surface area contributed by atoms with Gasteiger partial charge in [-0.25, -0.2) is 0 Å². The fraction of sp³-hybridized carbons (Fsp3) is 0.538. The van der Waals surface area contributed by atoms with Gasteiger partial charge >= 0.3 is 10.3 Å². The van der Waals surface area contributed by atoms with Crippen molar-refractivity contribution in [2.45, 2.75) is 20.3 Å². The summed E-state index contributed by atoms with van der Waals surface area (Å²) in [6, 6.07) is 3.34. The minimum absolute atomic E-state index is 0.238. The molecule has 0 unspecified atom stereocenters. The SMILES string of the molecule is CCc1nc(C)ccc1OS(=O)(=O)N1CCN(C=O)CC1. The molecule has 116 valence electrons. The lowest BCUT2D eigenvalue weighted by Crippen LogP contribution is -2.49. The summed E-state index contributed by atoms with van der Waals surface area (Å²) < 4.78 is 31.0. The van der Waals surface area contributed by atoms with E-state index >= 15 is 0 Å². The fourth-order valence-electron chi connectivity index (χ4n) is 2.13. The van der Waals surface area contributed by atoms with Crippen molar-refractivity contribution in [3.63, 3.8) is 0 Å². The van der Waals surface area contributed by atoms with Crippen LogP contribution in [0.25, 0.3) is 0 Å². The van der Waals surface area contributed by atoms with Crippen LogP contribution in [0.3, 0.4) is 0 Å². The van der Waals surface area contributed by atoms with Crippen LogP contribution in [0.2, 0.25) is 0 Å². The Hall–Kier alpha value is -1.67. The van der Waals surface area contributed by atoms with Crippen molar-refractivity contribution in [3.8, 4) is 5.75 Å². The van der Waals surface area contributed by atoms with Crippen LogP contribution in [0.1, 0.15) is 18.3 Å². The van der Waals surface area contributed by atoms with E-state index in [1.54, 1.807) is 12.1 Å². The van der Waals surface area contributed by atoms with Gasteiger partial charge in [-0.05, 0) is 25.5 Å². The van der Waals surface area contributed by atoms with Gasteiger partial charge in [0.15, 0.2) is 5.75 Å². The average molecular weight is 313 g/mol. The van der Waals surface area contributed by atoms with Crippen LogP contribution in [0, 0.1) is 6.92 Å². The Morgan fingerprint density at radius 1 is 1.29 bits per heavy atom. The quantitative estimate of drug-likeness (QED) is 0.733. The van der Waals surface area contributed by atoms with Gasteiger partial charge < -0.3 is 9.08 Å². The minimum atomic E-state index is -3.86. The maximum absolute atomic E-state index is 12.3. The summed E-state index contributed by atoms with van der Waals surface area (Å²) in [5, 5.41) is 0. The van der Waals surface area contributed by atoms with Crippen LogP contribution >= 0.6 is 0 Å². The third-order valence-electron chi connectivity index (χ3n) is 3.34. The lowest BCUT2D eigenvalue weighted by atomic mass is 10.2. The highest BCUT2D eigenvalue weighted by atomic mass is 32.2. The van der Waals surface area contributed by atoms with Gasteiger partial charge in [0.25, 0.3) is 0 Å². The van der Waals surface area contributed by atoms with Gasteiger partial charge in [0.05, 0.1) is 5.69 Å². The molecule has 0 saturated carbocycles. The number of aromatic nitrogens is 1. The van der Waals surface area contributed by atoms with E-state index in [1.807, 2.05) is 13.8 Å². The summed E-state index contributed by atoms with van der Waals surface area (Å²) in [6.07, 6.45) is 1.31. The molecule has 1 amide bonds. The highest BCUT2D eigenvalue weighted by Crippen LogP contribution is 2.21. The van der Waals surface area contributed by atoms with Crippen molar-refractivity contribution in [3.05, 3.63) is 23.5 Å². The Kier molecular flexibility index (Phi) is 4.79. The summed E-state index contributed by atoms with van der Waals surface area (Å²) >= 11 is 0. The number of rotatable bonds is 5. The number of hydrogen-bond donors (Lipinski definition) is 0. The number of aryl methyl sites for hydroxylation is 2. The Bertz CT molecular complexity index is 610. The van der Waals surface area contributed by atoms with Gasteiger partial charge in [-0.3, -0.25) is 9.78 Å². The van der Waals surface area contributed by atoms with Crippen LogP contribution in [-0.4, -0.2) is 55.2 Å². The number of piperazine rings is 1. The molecule has 0 aromatic carbocycles. The molecule has 0 bridgehead atoms. The zero-order valence-corrected chi connectivity index (χ0v) is 13.0. The first-order valence-corrected chi connectivity index (χ1v) is 8.18. The number of hydrogen-bond acceptors (Lipinski definition) is 5. The lowest BCUT2D eigenvalue weighted by Gasteiger charge is -2.31. The Labute approximate surface area is 124 Å². The van der Waals surface area contributed by atoms with Crippen molar-refractivity contribution >= 4 is 16.7 Å². The summed E-state index contributed by atoms with van der Waals surface area (Å²) in [7, 11) is -3.86. The van der Waals surface area contributed by atoms with Gasteiger partial charge in [0, 0.05) is 31.9 Å². The molecule has 2 rings (SSSR count). The Morgan fingerprint density at radius 3 is 2.52 bits per heavy atom. The Balaban J connectivity index is 2.13. The van der Waals surface area contributed by atoms with E-state index in [0.717, 1.165) is 12.1 Å². The minimum Gasteiger partial charge on any atom is -0.369 e. The summed E-state index contributed by atoms with van der Waals surface area (Å²) in [5.41, 5.74) is 1.43. The molecule has 0 radical (unpaired) electrons. The number of carbonyl (C=O) groups is 1. The zero-order chi connectivity index (χ0) is 15.5. The van der Waals surface area contributed by atoms with Gasteiger partial charge in [-0.15, -0.1) is 0 Å². The molecule has 1 fully saturated rings. The molecular weight excluding hydrogens is 294 g/mol. The molecule has 1 saturated heterocycles. The van der Waals surface area contributed by atoms with Crippen LogP contribution in [-0.2, 0) is 21.5 Å². The first-order chi connectivity index (χ1) is 9.96. The molecule has 0 aliphatic carbocycles. The highest BCUT2D eigenvalue weighted by Gasteiger charge is 2.29. The predicted molar refractivity (Wildman–Crippen MR) is 77.1 cm³/mol. The fourth-order valence-corrected chi connectivity index (χ4v) is 3.22. The molecule has 7 nitrogen and oxygen atoms in total. The Morgan fingerprint density at radius 2 is 1.95 bits per heavy atom. The summed E-state index contributed by atoms with van der Waals surface area (Å²) in [4.78, 5) is 16.5. The average Bonchev–Trinajstić information content (AvgIpc) is 2.49. The van der Waals surface area contributed by atoms with Crippen molar-refractivity contribution < 1.29 is 17.4 Å². The zero-order valence-electron chi connectivity index (χ0n) is 12.2. The van der Waals surface area contributed by atoms with Crippen LogP contribution in [0.4, 0.5) is 0 Å². The summed E-state index contributed by atoms with van der Waals surface area (Å²) in [6.45, 7) is 4.96. The lowest BCUT2D eigenvalue weighted by molar-refractivity contribution is -0.119. The highest BCUT2D eigenvalue weighted by molar-refractivity contribution is 7.84. The third-order valence-corrected chi connectivity index (χ3v) is 4.73. The van der Waals surface area contributed by atoms with Crippen LogP contribution < -0.4 is 4.18 Å². The predicted octanol–water partition coefficient (Wildman–Crippen LogP) is 0.350. The van der Waals surface area contributed by atoms with Crippen LogP contribution in [0.15, 0.2) is 12.1 Å². The van der Waals surface area contributed by atoms with E-state index in [-0.39, 0.29) is 18.8 Å². The monoisotopic (exact) mass is 313 g/mol. The van der Waals surface area contributed by atoms with Crippen molar-refractivity contribution in [2.24, 2.45) is 0 Å². The molecule has 0 spiro atoms. The second-order valence-corrected chi connectivity index (χ2v) is 6.37. The van der Waals surface area contributed by atoms with Gasteiger partial charge in [0.1, 0.15) is 0 Å². The van der Waals surface area contributed by atoms with Crippen LogP contribution in [0.5, 0.6) is 5.75 Å². The number of nitrogens with zero attached hydrogens (tertiary/aromatic N) is 3. The molecule has 1 aliphatic heterocycles. The van der Waals surface area contributed by atoms with Gasteiger partial charge in [-0.1, -0.05) is 6.92 Å². The molecule has 8 heteroatoms. The smallest absolute Gasteiger partial charge is 0.369 e. The van der Waals surface area contributed by atoms with E-state index in [4.69, 9.17) is 4.18 Å². The van der Waals surface area contributed by atoms with E-state index < -0.39 is 10.3 Å². The molecular formula is C13H19N3O4S. The molecule has 0 atom stereocenters. The topological polar surface area (TPSA) is 79.8 Å². The van der Waals surface area contributed by atoms with E-state index in [9.17, 15) is 13.2 Å². The van der Waals surface area contributed by atoms with Crippen molar-refractivity contribution in [1.29, 1.82) is 0 Å². The normalized spacial score (nSPS) is 16.8. The molecule has 21 heavy (non-hydrogen) atoms. The molecule has 0 N–H and O–H groups in total. The van der Waals surface area contributed by atoms with Gasteiger partial charge in [0.2, 0.25) is 6.41 Å². The number of amides is 1. The second kappa shape index (κ2) is 6.40. The first-order valence-electron chi connectivity index (χ1n) is 6.81. The molecule has 1 aromatic heterocycles. The standard InChI is InChI=1S/C13H19N3O4S/c1-3-12-13(5-4-11(2)14-12)20-21(18,19)16-8-6-15(10-17)7-9-16/h4-5,10H,3,6-9H2,1-2H3. The van der Waals surface area contributed by atoms with E-state index in [2.05, 4.69) is 4.98 Å². The third kappa shape index (κ3) is 3.70. The number of carbonyl (C=O) groups excluding carboxylic acids is 1. The molecule has 2 heterocycles. The summed E-state index contributed by atoms with van der Waals surface area (Å²) in [5.74, 6) is 0.265. The number of pyridine rings is 1. The maximum Gasteiger partial charge on any atom is 0.385 e. The van der Waals surface area contributed by atoms with Gasteiger partial charge in [-0.2, -0.15) is 12.7 Å². The van der Waals surface area contributed by atoms with Crippen molar-refractivity contribution in [2.75, 3.05) is 26.2 Å².